The highest BCUT2D eigenvalue weighted by Gasteiger charge is 2.17. The van der Waals surface area contributed by atoms with Crippen LogP contribution in [-0.2, 0) is 17.1 Å². The Morgan fingerprint density at radius 1 is 1.17 bits per heavy atom. The standard InChI is InChI=1S/C11H15O/c1-4-9-5-7-10(8-6-9)11(2,3)12/h5-8H,4H2,1-3H3. The van der Waals surface area contributed by atoms with Gasteiger partial charge in [-0.05, 0) is 31.4 Å². The molecule has 12 heavy (non-hydrogen) atoms. The summed E-state index contributed by atoms with van der Waals surface area (Å²) < 4.78 is 0. The second kappa shape index (κ2) is 3.28. The fourth-order valence-electron chi connectivity index (χ4n) is 1.14. The highest BCUT2D eigenvalue weighted by atomic mass is 16.3. The van der Waals surface area contributed by atoms with E-state index in [-0.39, 0.29) is 0 Å². The van der Waals surface area contributed by atoms with Crippen LogP contribution in [0.1, 0.15) is 31.9 Å². The maximum Gasteiger partial charge on any atom is 0.123 e. The van der Waals surface area contributed by atoms with Crippen molar-refractivity contribution >= 4 is 0 Å². The summed E-state index contributed by atoms with van der Waals surface area (Å²) in [6.07, 6.45) is 1.03. The van der Waals surface area contributed by atoms with E-state index < -0.39 is 5.60 Å². The van der Waals surface area contributed by atoms with E-state index in [1.165, 1.54) is 5.56 Å². The monoisotopic (exact) mass is 163 g/mol. The van der Waals surface area contributed by atoms with E-state index in [0.717, 1.165) is 12.0 Å². The van der Waals surface area contributed by atoms with Gasteiger partial charge in [-0.3, -0.25) is 0 Å². The van der Waals surface area contributed by atoms with Crippen LogP contribution in [0.3, 0.4) is 0 Å². The molecule has 0 spiro atoms. The second-order valence-electron chi connectivity index (χ2n) is 3.56. The Balaban J connectivity index is 2.93. The SMILES string of the molecule is CCc1ccc(C(C)(C)[O])cc1. The van der Waals surface area contributed by atoms with Crippen LogP contribution in [0.15, 0.2) is 24.3 Å². The molecular weight excluding hydrogens is 148 g/mol. The molecule has 0 aliphatic carbocycles. The van der Waals surface area contributed by atoms with E-state index in [0.29, 0.717) is 0 Å². The van der Waals surface area contributed by atoms with Gasteiger partial charge in [0.05, 0.1) is 0 Å². The van der Waals surface area contributed by atoms with Crippen molar-refractivity contribution in [2.24, 2.45) is 0 Å². The number of hydrogen-bond donors (Lipinski definition) is 0. The van der Waals surface area contributed by atoms with Crippen LogP contribution in [0, 0.1) is 0 Å². The topological polar surface area (TPSA) is 19.9 Å². The van der Waals surface area contributed by atoms with Crippen molar-refractivity contribution in [3.8, 4) is 0 Å². The van der Waals surface area contributed by atoms with Crippen LogP contribution in [0.5, 0.6) is 0 Å². The summed E-state index contributed by atoms with van der Waals surface area (Å²) in [4.78, 5) is 0. The Kier molecular flexibility index (Phi) is 2.53. The predicted molar refractivity (Wildman–Crippen MR) is 49.5 cm³/mol. The highest BCUT2D eigenvalue weighted by Crippen LogP contribution is 2.20. The lowest BCUT2D eigenvalue weighted by atomic mass is 9.97. The number of hydrogen-bond acceptors (Lipinski definition) is 0. The maximum atomic E-state index is 11.5. The smallest absolute Gasteiger partial charge is 0.123 e. The third-order valence-electron chi connectivity index (χ3n) is 2.06. The summed E-state index contributed by atoms with van der Waals surface area (Å²) in [5, 5.41) is 11.5. The molecule has 65 valence electrons. The molecule has 0 saturated heterocycles. The third-order valence-corrected chi connectivity index (χ3v) is 2.06. The number of aryl methyl sites for hydroxylation is 1. The highest BCUT2D eigenvalue weighted by molar-refractivity contribution is 5.25. The molecule has 0 bridgehead atoms. The molecule has 0 aromatic heterocycles. The first-order chi connectivity index (χ1) is 5.54. The zero-order valence-corrected chi connectivity index (χ0v) is 7.92. The minimum absolute atomic E-state index is 0.861. The molecule has 0 fully saturated rings. The van der Waals surface area contributed by atoms with Crippen molar-refractivity contribution in [2.45, 2.75) is 32.8 Å². The summed E-state index contributed by atoms with van der Waals surface area (Å²) in [6, 6.07) is 7.89. The molecule has 1 aromatic carbocycles. The molecule has 0 heterocycles. The molecule has 0 N–H and O–H groups in total. The van der Waals surface area contributed by atoms with Crippen molar-refractivity contribution in [3.63, 3.8) is 0 Å². The van der Waals surface area contributed by atoms with Crippen molar-refractivity contribution in [1.82, 2.24) is 0 Å². The van der Waals surface area contributed by atoms with Crippen LogP contribution < -0.4 is 0 Å². The lowest BCUT2D eigenvalue weighted by molar-refractivity contribution is -0.000108. The zero-order chi connectivity index (χ0) is 9.19. The van der Waals surface area contributed by atoms with Gasteiger partial charge >= 0.3 is 0 Å². The molecule has 0 aliphatic rings. The molecule has 1 rings (SSSR count). The molecular formula is C11H15O. The average Bonchev–Trinajstić information content (AvgIpc) is 2.03. The molecule has 1 nitrogen and oxygen atoms in total. The van der Waals surface area contributed by atoms with Gasteiger partial charge in [-0.1, -0.05) is 31.2 Å². The van der Waals surface area contributed by atoms with E-state index in [4.69, 9.17) is 0 Å². The van der Waals surface area contributed by atoms with E-state index in [1.54, 1.807) is 13.8 Å². The van der Waals surface area contributed by atoms with Gasteiger partial charge in [0.1, 0.15) is 5.60 Å². The fraction of sp³-hybridized carbons (Fsp3) is 0.455. The van der Waals surface area contributed by atoms with Crippen molar-refractivity contribution in [1.29, 1.82) is 0 Å². The first-order valence-electron chi connectivity index (χ1n) is 4.34. The summed E-state index contributed by atoms with van der Waals surface area (Å²) in [6.45, 7) is 5.49. The van der Waals surface area contributed by atoms with Crippen LogP contribution in [0.4, 0.5) is 0 Å². The number of benzene rings is 1. The normalized spacial score (nSPS) is 11.7. The maximum absolute atomic E-state index is 11.5. The summed E-state index contributed by atoms with van der Waals surface area (Å²) in [5.74, 6) is 0. The summed E-state index contributed by atoms with van der Waals surface area (Å²) >= 11 is 0. The molecule has 1 aromatic rings. The molecule has 0 saturated carbocycles. The Bertz CT molecular complexity index is 241. The quantitative estimate of drug-likeness (QED) is 0.639. The summed E-state index contributed by atoms with van der Waals surface area (Å²) in [5.41, 5.74) is 1.18. The first kappa shape index (κ1) is 9.27. The zero-order valence-electron chi connectivity index (χ0n) is 7.92. The van der Waals surface area contributed by atoms with Crippen molar-refractivity contribution in [2.75, 3.05) is 0 Å². The Hall–Kier alpha value is -0.820. The van der Waals surface area contributed by atoms with Crippen molar-refractivity contribution < 1.29 is 5.11 Å². The van der Waals surface area contributed by atoms with E-state index in [1.807, 2.05) is 24.3 Å². The van der Waals surface area contributed by atoms with Crippen molar-refractivity contribution in [3.05, 3.63) is 35.4 Å². The first-order valence-corrected chi connectivity index (χ1v) is 4.34. The molecule has 0 atom stereocenters. The van der Waals surface area contributed by atoms with Gasteiger partial charge in [0.15, 0.2) is 0 Å². The van der Waals surface area contributed by atoms with E-state index in [9.17, 15) is 5.11 Å². The summed E-state index contributed by atoms with van der Waals surface area (Å²) in [7, 11) is 0. The Labute approximate surface area is 74.1 Å². The van der Waals surface area contributed by atoms with Gasteiger partial charge in [0, 0.05) is 0 Å². The average molecular weight is 163 g/mol. The number of rotatable bonds is 2. The van der Waals surface area contributed by atoms with Gasteiger partial charge in [-0.25, -0.2) is 5.11 Å². The lowest BCUT2D eigenvalue weighted by Gasteiger charge is -2.14. The van der Waals surface area contributed by atoms with Crippen LogP contribution in [0.2, 0.25) is 0 Å². The largest absolute Gasteiger partial charge is 0.225 e. The minimum atomic E-state index is -0.966. The third kappa shape index (κ3) is 2.08. The Morgan fingerprint density at radius 3 is 2.00 bits per heavy atom. The molecule has 0 unspecified atom stereocenters. The molecule has 1 radical (unpaired) electrons. The fourth-order valence-corrected chi connectivity index (χ4v) is 1.14. The van der Waals surface area contributed by atoms with Gasteiger partial charge in [0.25, 0.3) is 0 Å². The Morgan fingerprint density at radius 2 is 1.67 bits per heavy atom. The van der Waals surface area contributed by atoms with E-state index >= 15 is 0 Å². The van der Waals surface area contributed by atoms with Crippen LogP contribution >= 0.6 is 0 Å². The van der Waals surface area contributed by atoms with Gasteiger partial charge in [-0.2, -0.15) is 0 Å². The molecule has 0 amide bonds. The predicted octanol–water partition coefficient (Wildman–Crippen LogP) is 2.91. The van der Waals surface area contributed by atoms with Gasteiger partial charge in [0.2, 0.25) is 0 Å². The molecule has 0 aliphatic heterocycles. The minimum Gasteiger partial charge on any atom is -0.225 e. The van der Waals surface area contributed by atoms with Crippen LogP contribution in [0.25, 0.3) is 0 Å². The van der Waals surface area contributed by atoms with Gasteiger partial charge < -0.3 is 0 Å². The second-order valence-corrected chi connectivity index (χ2v) is 3.56. The lowest BCUT2D eigenvalue weighted by Crippen LogP contribution is -2.13. The van der Waals surface area contributed by atoms with Gasteiger partial charge in [-0.15, -0.1) is 0 Å². The van der Waals surface area contributed by atoms with Crippen LogP contribution in [-0.4, -0.2) is 0 Å². The van der Waals surface area contributed by atoms with E-state index in [2.05, 4.69) is 6.92 Å². The molecule has 1 heteroatoms.